The SMILES string of the molecule is COc1ccc([N+](=O)[O-])cc1NC(=O)Cc1c(C)nn(CC(C)C)c1C. The Kier molecular flexibility index (Phi) is 5.97. The molecular formula is C18H24N4O4. The topological polar surface area (TPSA) is 99.3 Å². The molecule has 1 amide bonds. The zero-order chi connectivity index (χ0) is 19.4. The van der Waals surface area contributed by atoms with Crippen molar-refractivity contribution >= 4 is 17.3 Å². The molecule has 1 N–H and O–H groups in total. The summed E-state index contributed by atoms with van der Waals surface area (Å²) in [5, 5.41) is 18.2. The summed E-state index contributed by atoms with van der Waals surface area (Å²) in [5.74, 6) is 0.538. The molecule has 0 atom stereocenters. The van der Waals surface area contributed by atoms with Crippen LogP contribution in [0.2, 0.25) is 0 Å². The molecule has 1 heterocycles. The average Bonchev–Trinajstić information content (AvgIpc) is 2.81. The van der Waals surface area contributed by atoms with Gasteiger partial charge >= 0.3 is 0 Å². The van der Waals surface area contributed by atoms with Gasteiger partial charge in [0.25, 0.3) is 5.69 Å². The fourth-order valence-corrected chi connectivity index (χ4v) is 2.78. The summed E-state index contributed by atoms with van der Waals surface area (Å²) in [6, 6.07) is 4.09. The first-order valence-corrected chi connectivity index (χ1v) is 8.38. The lowest BCUT2D eigenvalue weighted by molar-refractivity contribution is -0.384. The number of nitro groups is 1. The molecule has 1 aromatic heterocycles. The quantitative estimate of drug-likeness (QED) is 0.603. The van der Waals surface area contributed by atoms with Crippen LogP contribution in [0.1, 0.15) is 30.8 Å². The number of nitrogens with one attached hydrogen (secondary N) is 1. The van der Waals surface area contributed by atoms with Crippen LogP contribution in [-0.2, 0) is 17.8 Å². The minimum atomic E-state index is -0.515. The van der Waals surface area contributed by atoms with Crippen LogP contribution in [0.4, 0.5) is 11.4 Å². The molecule has 0 saturated carbocycles. The van der Waals surface area contributed by atoms with E-state index in [4.69, 9.17) is 4.74 Å². The monoisotopic (exact) mass is 360 g/mol. The van der Waals surface area contributed by atoms with Crippen molar-refractivity contribution in [3.05, 3.63) is 45.3 Å². The van der Waals surface area contributed by atoms with Gasteiger partial charge in [-0.3, -0.25) is 19.6 Å². The molecule has 8 heteroatoms. The molecule has 0 radical (unpaired) electrons. The van der Waals surface area contributed by atoms with Gasteiger partial charge in [-0.2, -0.15) is 5.10 Å². The summed E-state index contributed by atoms with van der Waals surface area (Å²) in [5.41, 5.74) is 2.80. The van der Waals surface area contributed by atoms with Crippen molar-refractivity contribution in [3.63, 3.8) is 0 Å². The van der Waals surface area contributed by atoms with E-state index in [2.05, 4.69) is 24.3 Å². The number of ether oxygens (including phenoxy) is 1. The predicted octanol–water partition coefficient (Wildman–Crippen LogP) is 3.25. The Morgan fingerprint density at radius 2 is 2.08 bits per heavy atom. The molecule has 0 bridgehead atoms. The first kappa shape index (κ1) is 19.4. The van der Waals surface area contributed by atoms with Crippen molar-refractivity contribution in [2.45, 2.75) is 40.7 Å². The molecule has 0 aliphatic rings. The molecule has 0 aliphatic carbocycles. The van der Waals surface area contributed by atoms with Crippen LogP contribution in [0, 0.1) is 29.9 Å². The summed E-state index contributed by atoms with van der Waals surface area (Å²) in [7, 11) is 1.45. The van der Waals surface area contributed by atoms with Crippen LogP contribution in [-0.4, -0.2) is 27.7 Å². The summed E-state index contributed by atoms with van der Waals surface area (Å²) in [4.78, 5) is 22.9. The Labute approximate surface area is 152 Å². The van der Waals surface area contributed by atoms with Crippen LogP contribution < -0.4 is 10.1 Å². The summed E-state index contributed by atoms with van der Waals surface area (Å²) < 4.78 is 7.09. The first-order chi connectivity index (χ1) is 12.2. The smallest absolute Gasteiger partial charge is 0.271 e. The average molecular weight is 360 g/mol. The van der Waals surface area contributed by atoms with Gasteiger partial charge in [-0.25, -0.2) is 0 Å². The number of amides is 1. The first-order valence-electron chi connectivity index (χ1n) is 8.38. The molecule has 1 aromatic carbocycles. The highest BCUT2D eigenvalue weighted by Gasteiger charge is 2.18. The fraction of sp³-hybridized carbons (Fsp3) is 0.444. The number of rotatable bonds is 7. The molecule has 140 valence electrons. The second-order valence-electron chi connectivity index (χ2n) is 6.59. The van der Waals surface area contributed by atoms with E-state index in [1.54, 1.807) is 0 Å². The van der Waals surface area contributed by atoms with Crippen molar-refractivity contribution in [2.75, 3.05) is 12.4 Å². The van der Waals surface area contributed by atoms with E-state index >= 15 is 0 Å². The number of methoxy groups -OCH3 is 1. The molecule has 2 rings (SSSR count). The molecule has 2 aromatic rings. The Balaban J connectivity index is 2.21. The third-order valence-corrected chi connectivity index (χ3v) is 4.07. The molecule has 0 fully saturated rings. The Hall–Kier alpha value is -2.90. The van der Waals surface area contributed by atoms with E-state index in [0.29, 0.717) is 11.7 Å². The number of non-ortho nitro benzene ring substituents is 1. The minimum absolute atomic E-state index is 0.113. The third-order valence-electron chi connectivity index (χ3n) is 4.07. The summed E-state index contributed by atoms with van der Waals surface area (Å²) >= 11 is 0. The van der Waals surface area contributed by atoms with E-state index in [1.165, 1.54) is 25.3 Å². The largest absolute Gasteiger partial charge is 0.495 e. The molecule has 0 spiro atoms. The van der Waals surface area contributed by atoms with Gasteiger partial charge in [0, 0.05) is 29.9 Å². The van der Waals surface area contributed by atoms with E-state index < -0.39 is 4.92 Å². The number of carbonyl (C=O) groups excluding carboxylic acids is 1. The molecule has 0 saturated heterocycles. The molecular weight excluding hydrogens is 336 g/mol. The number of carbonyl (C=O) groups is 1. The number of nitrogens with zero attached hydrogens (tertiary/aromatic N) is 3. The Morgan fingerprint density at radius 3 is 2.65 bits per heavy atom. The number of aromatic nitrogens is 2. The van der Waals surface area contributed by atoms with Crippen molar-refractivity contribution in [2.24, 2.45) is 5.92 Å². The van der Waals surface area contributed by atoms with Crippen molar-refractivity contribution < 1.29 is 14.5 Å². The number of hydrogen-bond acceptors (Lipinski definition) is 5. The standard InChI is InChI=1S/C18H24N4O4/c1-11(2)10-21-13(4)15(12(3)20-21)9-18(23)19-16-8-14(22(24)25)6-7-17(16)26-5/h6-8,11H,9-10H2,1-5H3,(H,19,23). The minimum Gasteiger partial charge on any atom is -0.495 e. The van der Waals surface area contributed by atoms with Crippen LogP contribution >= 0.6 is 0 Å². The summed E-state index contributed by atoms with van der Waals surface area (Å²) in [6.07, 6.45) is 0.140. The Bertz CT molecular complexity index is 827. The fourth-order valence-electron chi connectivity index (χ4n) is 2.78. The molecule has 0 aliphatic heterocycles. The zero-order valence-electron chi connectivity index (χ0n) is 15.7. The molecule has 26 heavy (non-hydrogen) atoms. The van der Waals surface area contributed by atoms with Crippen LogP contribution in [0.15, 0.2) is 18.2 Å². The Morgan fingerprint density at radius 1 is 1.38 bits per heavy atom. The van der Waals surface area contributed by atoms with E-state index in [9.17, 15) is 14.9 Å². The van der Waals surface area contributed by atoms with Gasteiger partial charge in [-0.1, -0.05) is 13.8 Å². The lowest BCUT2D eigenvalue weighted by atomic mass is 10.1. The number of benzene rings is 1. The maximum atomic E-state index is 12.5. The van der Waals surface area contributed by atoms with E-state index in [1.807, 2.05) is 18.5 Å². The number of aryl methyl sites for hydroxylation is 1. The van der Waals surface area contributed by atoms with Crippen LogP contribution in [0.3, 0.4) is 0 Å². The van der Waals surface area contributed by atoms with Gasteiger partial charge in [-0.05, 0) is 25.8 Å². The second-order valence-corrected chi connectivity index (χ2v) is 6.59. The normalized spacial score (nSPS) is 10.8. The third kappa shape index (κ3) is 4.38. The maximum absolute atomic E-state index is 12.5. The predicted molar refractivity (Wildman–Crippen MR) is 98.5 cm³/mol. The number of hydrogen-bond donors (Lipinski definition) is 1. The van der Waals surface area contributed by atoms with Crippen molar-refractivity contribution in [3.8, 4) is 5.75 Å². The van der Waals surface area contributed by atoms with Crippen LogP contribution in [0.25, 0.3) is 0 Å². The summed E-state index contributed by atoms with van der Waals surface area (Å²) in [6.45, 7) is 8.82. The molecule has 8 nitrogen and oxygen atoms in total. The lowest BCUT2D eigenvalue weighted by Gasteiger charge is -2.11. The highest BCUT2D eigenvalue weighted by molar-refractivity contribution is 5.94. The van der Waals surface area contributed by atoms with Gasteiger partial charge in [-0.15, -0.1) is 0 Å². The van der Waals surface area contributed by atoms with Gasteiger partial charge < -0.3 is 10.1 Å². The van der Waals surface area contributed by atoms with Crippen molar-refractivity contribution in [1.82, 2.24) is 9.78 Å². The molecule has 0 unspecified atom stereocenters. The van der Waals surface area contributed by atoms with E-state index in [-0.39, 0.29) is 23.7 Å². The van der Waals surface area contributed by atoms with Gasteiger partial charge in [0.2, 0.25) is 5.91 Å². The number of anilines is 1. The number of nitro benzene ring substituents is 1. The van der Waals surface area contributed by atoms with Crippen LogP contribution in [0.5, 0.6) is 5.75 Å². The lowest BCUT2D eigenvalue weighted by Crippen LogP contribution is -2.16. The van der Waals surface area contributed by atoms with Gasteiger partial charge in [0.05, 0.1) is 29.8 Å². The van der Waals surface area contributed by atoms with E-state index in [0.717, 1.165) is 23.5 Å². The van der Waals surface area contributed by atoms with Gasteiger partial charge in [0.1, 0.15) is 5.75 Å². The highest BCUT2D eigenvalue weighted by atomic mass is 16.6. The second kappa shape index (κ2) is 7.99. The maximum Gasteiger partial charge on any atom is 0.271 e. The zero-order valence-corrected chi connectivity index (χ0v) is 15.7. The van der Waals surface area contributed by atoms with Gasteiger partial charge in [0.15, 0.2) is 0 Å². The van der Waals surface area contributed by atoms with Crippen molar-refractivity contribution in [1.29, 1.82) is 0 Å². The highest BCUT2D eigenvalue weighted by Crippen LogP contribution is 2.29.